The molecule has 1 fully saturated rings. The Balaban J connectivity index is 2.09. The molecule has 1 nitrogen and oxygen atoms in total. The van der Waals surface area contributed by atoms with Crippen molar-refractivity contribution in [2.45, 2.75) is 19.1 Å². The Morgan fingerprint density at radius 1 is 1.83 bits per heavy atom. The predicted molar refractivity (Wildman–Crippen MR) is 25.1 cm³/mol. The molecule has 1 aliphatic rings. The largest absolute Gasteiger partial charge is 0.369 e. The Morgan fingerprint density at radius 3 is 2.33 bits per heavy atom. The summed E-state index contributed by atoms with van der Waals surface area (Å²) in [7, 11) is 0. The molecule has 0 N–H and O–H groups in total. The Labute approximate surface area is 42.2 Å². The first kappa shape index (κ1) is 4.41. The van der Waals surface area contributed by atoms with Crippen molar-refractivity contribution in [1.29, 1.82) is 0 Å². The molecule has 0 radical (unpaired) electrons. The van der Waals surface area contributed by atoms with E-state index in [1.165, 1.54) is 0 Å². The SMILES string of the molecule is C[C@H]1O[C@@H]1CCl. The molecule has 1 aliphatic heterocycles. The smallest absolute Gasteiger partial charge is 0.0973 e. The molecule has 36 valence electrons. The molecule has 0 amide bonds. The average Bonchev–Trinajstić information content (AvgIpc) is 2.19. The van der Waals surface area contributed by atoms with Crippen LogP contribution in [-0.2, 0) is 4.74 Å². The fraction of sp³-hybridized carbons (Fsp3) is 1.00. The Morgan fingerprint density at radius 2 is 2.33 bits per heavy atom. The van der Waals surface area contributed by atoms with E-state index in [2.05, 4.69) is 0 Å². The second-order valence-electron chi connectivity index (χ2n) is 1.53. The maximum atomic E-state index is 5.37. The Hall–Kier alpha value is 0.250. The summed E-state index contributed by atoms with van der Waals surface area (Å²) in [5.41, 5.74) is 0. The van der Waals surface area contributed by atoms with Crippen LogP contribution >= 0.6 is 11.6 Å². The highest BCUT2D eigenvalue weighted by molar-refractivity contribution is 6.18. The molecule has 0 aromatic carbocycles. The molecule has 0 saturated carbocycles. The van der Waals surface area contributed by atoms with Crippen LogP contribution in [0.5, 0.6) is 0 Å². The van der Waals surface area contributed by atoms with Crippen LogP contribution in [0.2, 0.25) is 0 Å². The first-order chi connectivity index (χ1) is 2.84. The lowest BCUT2D eigenvalue weighted by atomic mass is 10.4. The van der Waals surface area contributed by atoms with Crippen molar-refractivity contribution in [3.8, 4) is 0 Å². The molecule has 2 atom stereocenters. The zero-order valence-corrected chi connectivity index (χ0v) is 4.40. The molecule has 1 heterocycles. The molecule has 0 spiro atoms. The third-order valence-electron chi connectivity index (χ3n) is 0.988. The van der Waals surface area contributed by atoms with E-state index in [9.17, 15) is 0 Å². The van der Waals surface area contributed by atoms with Crippen LogP contribution in [0.25, 0.3) is 0 Å². The van der Waals surface area contributed by atoms with E-state index in [4.69, 9.17) is 16.3 Å². The Kier molecular flexibility index (Phi) is 1.02. The molecular weight excluding hydrogens is 99.5 g/mol. The van der Waals surface area contributed by atoms with Crippen LogP contribution in [0.15, 0.2) is 0 Å². The topological polar surface area (TPSA) is 12.5 Å². The van der Waals surface area contributed by atoms with Crippen LogP contribution in [-0.4, -0.2) is 18.1 Å². The lowest BCUT2D eigenvalue weighted by Crippen LogP contribution is -1.87. The van der Waals surface area contributed by atoms with Gasteiger partial charge in [0.2, 0.25) is 0 Å². The van der Waals surface area contributed by atoms with Crippen LogP contribution < -0.4 is 0 Å². The first-order valence-electron chi connectivity index (χ1n) is 2.06. The van der Waals surface area contributed by atoms with Gasteiger partial charge in [0.05, 0.1) is 18.1 Å². The lowest BCUT2D eigenvalue weighted by molar-refractivity contribution is 0.390. The second kappa shape index (κ2) is 1.39. The highest BCUT2D eigenvalue weighted by atomic mass is 35.5. The van der Waals surface area contributed by atoms with E-state index in [0.29, 0.717) is 18.1 Å². The zero-order chi connectivity index (χ0) is 4.57. The quantitative estimate of drug-likeness (QED) is 0.359. The summed E-state index contributed by atoms with van der Waals surface area (Å²) >= 11 is 5.37. The molecule has 1 saturated heterocycles. The van der Waals surface area contributed by atoms with E-state index in [0.717, 1.165) is 0 Å². The molecular formula is C4H7ClO. The van der Waals surface area contributed by atoms with Gasteiger partial charge in [0.1, 0.15) is 0 Å². The number of epoxide rings is 1. The van der Waals surface area contributed by atoms with E-state index in [-0.39, 0.29) is 0 Å². The fourth-order valence-corrected chi connectivity index (χ4v) is 0.716. The maximum Gasteiger partial charge on any atom is 0.0973 e. The third kappa shape index (κ3) is 0.660. The van der Waals surface area contributed by atoms with Gasteiger partial charge in [-0.25, -0.2) is 0 Å². The molecule has 0 bridgehead atoms. The minimum atomic E-state index is 0.367. The molecule has 1 rings (SSSR count). The van der Waals surface area contributed by atoms with E-state index >= 15 is 0 Å². The van der Waals surface area contributed by atoms with Gasteiger partial charge in [-0.15, -0.1) is 11.6 Å². The normalized spacial score (nSPS) is 43.0. The minimum absolute atomic E-state index is 0.367. The fourth-order valence-electron chi connectivity index (χ4n) is 0.392. The number of ether oxygens (including phenoxy) is 1. The van der Waals surface area contributed by atoms with E-state index < -0.39 is 0 Å². The summed E-state index contributed by atoms with van der Waals surface area (Å²) in [6, 6.07) is 0. The summed E-state index contributed by atoms with van der Waals surface area (Å²) in [6.45, 7) is 2.02. The van der Waals surface area contributed by atoms with Crippen molar-refractivity contribution in [1.82, 2.24) is 0 Å². The lowest BCUT2D eigenvalue weighted by Gasteiger charge is -1.70. The summed E-state index contributed by atoms with van der Waals surface area (Å²) < 4.78 is 4.93. The maximum absolute atomic E-state index is 5.37. The number of halogens is 1. The number of rotatable bonds is 1. The van der Waals surface area contributed by atoms with Crippen molar-refractivity contribution < 1.29 is 4.74 Å². The van der Waals surface area contributed by atoms with Gasteiger partial charge >= 0.3 is 0 Å². The monoisotopic (exact) mass is 106 g/mol. The van der Waals surface area contributed by atoms with E-state index in [1.54, 1.807) is 0 Å². The summed E-state index contributed by atoms with van der Waals surface area (Å²) in [5, 5.41) is 0. The van der Waals surface area contributed by atoms with Crippen LogP contribution in [0.1, 0.15) is 6.92 Å². The van der Waals surface area contributed by atoms with Crippen LogP contribution in [0.4, 0.5) is 0 Å². The van der Waals surface area contributed by atoms with Gasteiger partial charge in [0.15, 0.2) is 0 Å². The van der Waals surface area contributed by atoms with Crippen LogP contribution in [0.3, 0.4) is 0 Å². The van der Waals surface area contributed by atoms with Crippen LogP contribution in [0, 0.1) is 0 Å². The number of hydrogen-bond donors (Lipinski definition) is 0. The van der Waals surface area contributed by atoms with Crippen molar-refractivity contribution in [2.75, 3.05) is 5.88 Å². The van der Waals surface area contributed by atoms with Gasteiger partial charge < -0.3 is 4.74 Å². The standard InChI is InChI=1S/C4H7ClO/c1-3-4(2-5)6-3/h3-4H,2H2,1H3/t3-,4-/m1/s1. The predicted octanol–water partition coefficient (Wildman–Crippen LogP) is 1.01. The van der Waals surface area contributed by atoms with Crippen molar-refractivity contribution in [3.63, 3.8) is 0 Å². The molecule has 6 heavy (non-hydrogen) atoms. The highest BCUT2D eigenvalue weighted by Gasteiger charge is 2.32. The van der Waals surface area contributed by atoms with Crippen molar-refractivity contribution >= 4 is 11.6 Å². The highest BCUT2D eigenvalue weighted by Crippen LogP contribution is 2.21. The van der Waals surface area contributed by atoms with Crippen molar-refractivity contribution in [3.05, 3.63) is 0 Å². The van der Waals surface area contributed by atoms with Crippen molar-refractivity contribution in [2.24, 2.45) is 0 Å². The summed E-state index contributed by atoms with van der Waals surface area (Å²) in [5.74, 6) is 0.654. The van der Waals surface area contributed by atoms with Gasteiger partial charge in [0, 0.05) is 0 Å². The molecule has 0 aliphatic carbocycles. The van der Waals surface area contributed by atoms with Gasteiger partial charge in [-0.1, -0.05) is 0 Å². The van der Waals surface area contributed by atoms with E-state index in [1.807, 2.05) is 6.92 Å². The Bertz CT molecular complexity index is 53.5. The average molecular weight is 107 g/mol. The van der Waals surface area contributed by atoms with Gasteiger partial charge in [-0.3, -0.25) is 0 Å². The van der Waals surface area contributed by atoms with Gasteiger partial charge in [-0.2, -0.15) is 0 Å². The van der Waals surface area contributed by atoms with Gasteiger partial charge in [0.25, 0.3) is 0 Å². The summed E-state index contributed by atoms with van der Waals surface area (Å²) in [6.07, 6.45) is 0.800. The second-order valence-corrected chi connectivity index (χ2v) is 1.84. The number of hydrogen-bond acceptors (Lipinski definition) is 1. The zero-order valence-electron chi connectivity index (χ0n) is 3.65. The first-order valence-corrected chi connectivity index (χ1v) is 2.59. The molecule has 0 unspecified atom stereocenters. The third-order valence-corrected chi connectivity index (χ3v) is 1.29. The summed E-state index contributed by atoms with van der Waals surface area (Å²) in [4.78, 5) is 0. The van der Waals surface area contributed by atoms with Gasteiger partial charge in [-0.05, 0) is 6.92 Å². The molecule has 2 heteroatoms. The molecule has 0 aromatic heterocycles. The minimum Gasteiger partial charge on any atom is -0.369 e. The molecule has 0 aromatic rings. The number of alkyl halides is 1.